The molecule has 5 nitrogen and oxygen atoms in total. The van der Waals surface area contributed by atoms with Crippen molar-refractivity contribution in [2.24, 2.45) is 0 Å². The monoisotopic (exact) mass is 237 g/mol. The van der Waals surface area contributed by atoms with Crippen molar-refractivity contribution in [3.05, 3.63) is 12.3 Å². The maximum atomic E-state index is 5.49. The zero-order valence-electron chi connectivity index (χ0n) is 11.0. The molecule has 0 spiro atoms. The number of nitrogens with zero attached hydrogens (tertiary/aromatic N) is 3. The number of nitrogens with one attached hydrogen (secondary N) is 1. The molecule has 0 bridgehead atoms. The number of aromatic nitrogens is 2. The Bertz CT molecular complexity index is 326. The topological polar surface area (TPSA) is 67.1 Å². The standard InChI is InChI=1S/C12H23N5/c1-10(2)17(3)9-5-4-7-14-11-6-8-15-12(13)16-11/h6,8,10H,4-5,7,9H2,1-3H3,(H3,13,14,15,16). The van der Waals surface area contributed by atoms with Crippen molar-refractivity contribution < 1.29 is 0 Å². The highest BCUT2D eigenvalue weighted by molar-refractivity contribution is 5.36. The number of rotatable bonds is 7. The molecule has 1 aromatic heterocycles. The minimum atomic E-state index is 0.314. The van der Waals surface area contributed by atoms with E-state index in [2.05, 4.69) is 41.1 Å². The Morgan fingerprint density at radius 3 is 2.82 bits per heavy atom. The molecule has 0 aliphatic heterocycles. The van der Waals surface area contributed by atoms with Gasteiger partial charge >= 0.3 is 0 Å². The largest absolute Gasteiger partial charge is 0.370 e. The summed E-state index contributed by atoms with van der Waals surface area (Å²) in [5.74, 6) is 1.12. The van der Waals surface area contributed by atoms with Crippen LogP contribution in [0.5, 0.6) is 0 Å². The van der Waals surface area contributed by atoms with Crippen LogP contribution in [0.3, 0.4) is 0 Å². The lowest BCUT2D eigenvalue weighted by molar-refractivity contribution is 0.269. The Kier molecular flexibility index (Phi) is 5.69. The van der Waals surface area contributed by atoms with Crippen LogP contribution in [0.25, 0.3) is 0 Å². The van der Waals surface area contributed by atoms with Crippen LogP contribution in [0, 0.1) is 0 Å². The number of hydrogen-bond donors (Lipinski definition) is 2. The van der Waals surface area contributed by atoms with E-state index in [0.717, 1.165) is 25.3 Å². The van der Waals surface area contributed by atoms with E-state index in [0.29, 0.717) is 12.0 Å². The van der Waals surface area contributed by atoms with Crippen molar-refractivity contribution in [2.75, 3.05) is 31.2 Å². The average Bonchev–Trinajstić information content (AvgIpc) is 2.28. The van der Waals surface area contributed by atoms with Crippen molar-refractivity contribution in [2.45, 2.75) is 32.7 Å². The molecule has 17 heavy (non-hydrogen) atoms. The fourth-order valence-corrected chi connectivity index (χ4v) is 1.43. The zero-order valence-corrected chi connectivity index (χ0v) is 11.0. The van der Waals surface area contributed by atoms with Crippen molar-refractivity contribution in [1.29, 1.82) is 0 Å². The molecule has 0 radical (unpaired) electrons. The average molecular weight is 237 g/mol. The van der Waals surface area contributed by atoms with E-state index in [4.69, 9.17) is 5.73 Å². The van der Waals surface area contributed by atoms with Gasteiger partial charge in [-0.15, -0.1) is 0 Å². The van der Waals surface area contributed by atoms with Gasteiger partial charge in [-0.3, -0.25) is 0 Å². The molecule has 0 atom stereocenters. The molecular formula is C12H23N5. The van der Waals surface area contributed by atoms with Crippen LogP contribution in [0.1, 0.15) is 26.7 Å². The fraction of sp³-hybridized carbons (Fsp3) is 0.667. The van der Waals surface area contributed by atoms with Crippen LogP contribution < -0.4 is 11.1 Å². The van der Waals surface area contributed by atoms with E-state index in [1.807, 2.05) is 6.07 Å². The summed E-state index contributed by atoms with van der Waals surface area (Å²) in [6.45, 7) is 6.47. The van der Waals surface area contributed by atoms with Gasteiger partial charge < -0.3 is 16.0 Å². The summed E-state index contributed by atoms with van der Waals surface area (Å²) in [6.07, 6.45) is 3.97. The molecule has 0 saturated heterocycles. The molecule has 0 aliphatic carbocycles. The van der Waals surface area contributed by atoms with Crippen LogP contribution in [0.15, 0.2) is 12.3 Å². The van der Waals surface area contributed by atoms with Gasteiger partial charge in [0.05, 0.1) is 0 Å². The van der Waals surface area contributed by atoms with Crippen LogP contribution in [0.2, 0.25) is 0 Å². The number of hydrogen-bond acceptors (Lipinski definition) is 5. The van der Waals surface area contributed by atoms with Crippen LogP contribution in [0.4, 0.5) is 11.8 Å². The number of nitrogen functional groups attached to an aromatic ring is 1. The van der Waals surface area contributed by atoms with Gasteiger partial charge in [-0.05, 0) is 46.3 Å². The van der Waals surface area contributed by atoms with Crippen LogP contribution in [-0.4, -0.2) is 41.0 Å². The number of unbranched alkanes of at least 4 members (excludes halogenated alkanes) is 1. The van der Waals surface area contributed by atoms with Crippen LogP contribution >= 0.6 is 0 Å². The van der Waals surface area contributed by atoms with E-state index >= 15 is 0 Å². The van der Waals surface area contributed by atoms with Gasteiger partial charge in [0.1, 0.15) is 5.82 Å². The second-order valence-electron chi connectivity index (χ2n) is 4.51. The van der Waals surface area contributed by atoms with Gasteiger partial charge in [0.15, 0.2) is 0 Å². The fourth-order valence-electron chi connectivity index (χ4n) is 1.43. The Morgan fingerprint density at radius 2 is 2.18 bits per heavy atom. The SMILES string of the molecule is CC(C)N(C)CCCCNc1ccnc(N)n1. The van der Waals surface area contributed by atoms with E-state index in [-0.39, 0.29) is 0 Å². The first-order valence-corrected chi connectivity index (χ1v) is 6.12. The lowest BCUT2D eigenvalue weighted by Gasteiger charge is -2.20. The lowest BCUT2D eigenvalue weighted by Crippen LogP contribution is -2.27. The summed E-state index contributed by atoms with van der Waals surface area (Å²) in [4.78, 5) is 10.3. The smallest absolute Gasteiger partial charge is 0.221 e. The first-order valence-electron chi connectivity index (χ1n) is 6.12. The summed E-state index contributed by atoms with van der Waals surface area (Å²) in [6, 6.07) is 2.45. The molecule has 0 aromatic carbocycles. The summed E-state index contributed by atoms with van der Waals surface area (Å²) in [7, 11) is 2.16. The third-order valence-electron chi connectivity index (χ3n) is 2.80. The van der Waals surface area contributed by atoms with E-state index in [1.54, 1.807) is 6.20 Å². The van der Waals surface area contributed by atoms with E-state index < -0.39 is 0 Å². The quantitative estimate of drug-likeness (QED) is 0.705. The summed E-state index contributed by atoms with van der Waals surface area (Å²) < 4.78 is 0. The second kappa shape index (κ2) is 7.06. The Hall–Kier alpha value is -1.36. The third kappa shape index (κ3) is 5.49. The molecule has 5 heteroatoms. The molecule has 0 aliphatic rings. The molecule has 1 aromatic rings. The second-order valence-corrected chi connectivity index (χ2v) is 4.51. The predicted molar refractivity (Wildman–Crippen MR) is 71.9 cm³/mol. The Labute approximate surface area is 103 Å². The molecular weight excluding hydrogens is 214 g/mol. The van der Waals surface area contributed by atoms with Crippen molar-refractivity contribution in [3.8, 4) is 0 Å². The lowest BCUT2D eigenvalue weighted by atomic mass is 10.2. The van der Waals surface area contributed by atoms with Gasteiger partial charge in [0.25, 0.3) is 0 Å². The molecule has 96 valence electrons. The normalized spacial score (nSPS) is 11.1. The van der Waals surface area contributed by atoms with E-state index in [9.17, 15) is 0 Å². The number of anilines is 2. The summed E-state index contributed by atoms with van der Waals surface area (Å²) in [5.41, 5.74) is 5.49. The molecule has 1 rings (SSSR count). The molecule has 0 saturated carbocycles. The molecule has 0 amide bonds. The Balaban J connectivity index is 2.12. The minimum Gasteiger partial charge on any atom is -0.370 e. The Morgan fingerprint density at radius 1 is 1.41 bits per heavy atom. The summed E-state index contributed by atoms with van der Waals surface area (Å²) in [5, 5.41) is 3.24. The first-order chi connectivity index (χ1) is 8.09. The first kappa shape index (κ1) is 13.7. The van der Waals surface area contributed by atoms with E-state index in [1.165, 1.54) is 6.42 Å². The van der Waals surface area contributed by atoms with Gasteiger partial charge in [-0.2, -0.15) is 4.98 Å². The molecule has 3 N–H and O–H groups in total. The zero-order chi connectivity index (χ0) is 12.7. The molecule has 1 heterocycles. The third-order valence-corrected chi connectivity index (χ3v) is 2.80. The maximum absolute atomic E-state index is 5.49. The van der Waals surface area contributed by atoms with Gasteiger partial charge in [-0.1, -0.05) is 0 Å². The highest BCUT2D eigenvalue weighted by Gasteiger charge is 2.01. The van der Waals surface area contributed by atoms with Gasteiger partial charge in [-0.25, -0.2) is 4.98 Å². The summed E-state index contributed by atoms with van der Waals surface area (Å²) >= 11 is 0. The van der Waals surface area contributed by atoms with Crippen LogP contribution in [-0.2, 0) is 0 Å². The minimum absolute atomic E-state index is 0.314. The van der Waals surface area contributed by atoms with Crippen molar-refractivity contribution in [1.82, 2.24) is 14.9 Å². The molecule has 0 fully saturated rings. The van der Waals surface area contributed by atoms with Gasteiger partial charge in [0.2, 0.25) is 5.95 Å². The van der Waals surface area contributed by atoms with Crippen molar-refractivity contribution in [3.63, 3.8) is 0 Å². The maximum Gasteiger partial charge on any atom is 0.221 e. The van der Waals surface area contributed by atoms with Crippen molar-refractivity contribution >= 4 is 11.8 Å². The highest BCUT2D eigenvalue weighted by Crippen LogP contribution is 2.03. The molecule has 0 unspecified atom stereocenters. The van der Waals surface area contributed by atoms with Gasteiger partial charge in [0, 0.05) is 18.8 Å². The number of nitrogens with two attached hydrogens (primary N) is 1. The predicted octanol–water partition coefficient (Wildman–Crippen LogP) is 1.59. The highest BCUT2D eigenvalue weighted by atomic mass is 15.1.